The lowest BCUT2D eigenvalue weighted by atomic mass is 10.1. The van der Waals surface area contributed by atoms with Gasteiger partial charge in [-0.3, -0.25) is 20.2 Å². The Labute approximate surface area is 164 Å². The van der Waals surface area contributed by atoms with E-state index in [9.17, 15) is 19.7 Å². The fourth-order valence-electron chi connectivity index (χ4n) is 2.77. The second kappa shape index (κ2) is 7.73. The molecule has 2 aromatic carbocycles. The molecule has 0 aliphatic rings. The summed E-state index contributed by atoms with van der Waals surface area (Å²) in [6.45, 7) is 5.66. The topological polar surface area (TPSA) is 111 Å². The Kier molecular flexibility index (Phi) is 5.36. The van der Waals surface area contributed by atoms with E-state index in [0.717, 1.165) is 33.5 Å². The minimum absolute atomic E-state index is 0.0237. The minimum Gasteiger partial charge on any atom is -0.462 e. The summed E-state index contributed by atoms with van der Waals surface area (Å²) >= 11 is 1.31. The van der Waals surface area contributed by atoms with Crippen LogP contribution in [0.25, 0.3) is 10.2 Å². The number of anilines is 1. The van der Waals surface area contributed by atoms with Gasteiger partial charge in [0.1, 0.15) is 0 Å². The average molecular weight is 399 g/mol. The average Bonchev–Trinajstić information content (AvgIpc) is 3.04. The second-order valence-electron chi connectivity index (χ2n) is 6.15. The maximum atomic E-state index is 12.6. The Balaban J connectivity index is 1.94. The van der Waals surface area contributed by atoms with Crippen LogP contribution in [-0.2, 0) is 4.74 Å². The van der Waals surface area contributed by atoms with Crippen LogP contribution in [0.5, 0.6) is 0 Å². The Morgan fingerprint density at radius 1 is 1.18 bits per heavy atom. The van der Waals surface area contributed by atoms with Crippen LogP contribution >= 0.6 is 11.3 Å². The predicted octanol–water partition coefficient (Wildman–Crippen LogP) is 4.25. The molecule has 0 unspecified atom stereocenters. The molecule has 28 heavy (non-hydrogen) atoms. The van der Waals surface area contributed by atoms with E-state index < -0.39 is 16.8 Å². The minimum atomic E-state index is -0.730. The highest BCUT2D eigenvalue weighted by Gasteiger charge is 2.19. The molecular weight excluding hydrogens is 382 g/mol. The number of fused-ring (bicyclic) bond motifs is 1. The van der Waals surface area contributed by atoms with Crippen molar-refractivity contribution in [2.45, 2.75) is 20.8 Å². The molecule has 1 N–H and O–H groups in total. The van der Waals surface area contributed by atoms with Crippen molar-refractivity contribution in [3.63, 3.8) is 0 Å². The first-order chi connectivity index (χ1) is 13.3. The maximum Gasteiger partial charge on any atom is 0.338 e. The van der Waals surface area contributed by atoms with Crippen molar-refractivity contribution < 1.29 is 19.2 Å². The van der Waals surface area contributed by atoms with Crippen LogP contribution in [0.1, 0.15) is 38.8 Å². The van der Waals surface area contributed by atoms with Gasteiger partial charge in [0.05, 0.1) is 27.3 Å². The number of thiazole rings is 1. The Bertz CT molecular complexity index is 1110. The van der Waals surface area contributed by atoms with Gasteiger partial charge in [-0.1, -0.05) is 17.4 Å². The van der Waals surface area contributed by atoms with Crippen LogP contribution in [0.3, 0.4) is 0 Å². The van der Waals surface area contributed by atoms with Crippen LogP contribution in [0.4, 0.5) is 10.8 Å². The summed E-state index contributed by atoms with van der Waals surface area (Å²) in [5.74, 6) is -1.32. The van der Waals surface area contributed by atoms with E-state index in [4.69, 9.17) is 4.74 Å². The number of carbonyl (C=O) groups is 2. The van der Waals surface area contributed by atoms with Gasteiger partial charge in [-0.05, 0) is 44.0 Å². The summed E-state index contributed by atoms with van der Waals surface area (Å²) < 4.78 is 5.81. The highest BCUT2D eigenvalue weighted by molar-refractivity contribution is 7.22. The fraction of sp³-hybridized carbons (Fsp3) is 0.211. The van der Waals surface area contributed by atoms with E-state index in [1.807, 2.05) is 26.0 Å². The maximum absolute atomic E-state index is 12.6. The zero-order valence-electron chi connectivity index (χ0n) is 15.4. The first-order valence-corrected chi connectivity index (χ1v) is 9.26. The molecule has 8 nitrogen and oxygen atoms in total. The molecule has 0 fully saturated rings. The fourth-order valence-corrected chi connectivity index (χ4v) is 3.81. The van der Waals surface area contributed by atoms with Gasteiger partial charge in [-0.15, -0.1) is 0 Å². The van der Waals surface area contributed by atoms with Gasteiger partial charge >= 0.3 is 5.97 Å². The quantitative estimate of drug-likeness (QED) is 0.390. The van der Waals surface area contributed by atoms with E-state index in [1.54, 1.807) is 6.92 Å². The molecule has 144 valence electrons. The van der Waals surface area contributed by atoms with Gasteiger partial charge in [-0.2, -0.15) is 0 Å². The molecule has 9 heteroatoms. The largest absolute Gasteiger partial charge is 0.462 e. The third-order valence-corrected chi connectivity index (χ3v) is 4.87. The van der Waals surface area contributed by atoms with Crippen molar-refractivity contribution in [2.24, 2.45) is 0 Å². The number of amides is 1. The van der Waals surface area contributed by atoms with Gasteiger partial charge in [0.15, 0.2) is 5.13 Å². The zero-order chi connectivity index (χ0) is 20.4. The number of nitrogens with zero attached hydrogens (tertiary/aromatic N) is 2. The van der Waals surface area contributed by atoms with Crippen molar-refractivity contribution >= 4 is 44.2 Å². The number of nitro groups is 1. The number of nitrogens with one attached hydrogen (secondary N) is 1. The van der Waals surface area contributed by atoms with E-state index in [-0.39, 0.29) is 23.4 Å². The summed E-state index contributed by atoms with van der Waals surface area (Å²) in [4.78, 5) is 39.5. The summed E-state index contributed by atoms with van der Waals surface area (Å²) in [5, 5.41) is 14.2. The van der Waals surface area contributed by atoms with Gasteiger partial charge in [0.2, 0.25) is 0 Å². The van der Waals surface area contributed by atoms with Gasteiger partial charge in [0, 0.05) is 17.7 Å². The molecule has 0 bridgehead atoms. The molecule has 0 saturated heterocycles. The van der Waals surface area contributed by atoms with Crippen LogP contribution in [0, 0.1) is 24.0 Å². The van der Waals surface area contributed by atoms with Gasteiger partial charge in [-0.25, -0.2) is 9.78 Å². The molecule has 0 aliphatic carbocycles. The van der Waals surface area contributed by atoms with Crippen molar-refractivity contribution in [1.29, 1.82) is 0 Å². The SMILES string of the molecule is CCOC(=O)c1cc(C(=O)Nc2nc3c(C)cc(C)cc3s2)cc([N+](=O)[O-])c1. The molecule has 0 spiro atoms. The standard InChI is InChI=1S/C19H17N3O5S/c1-4-27-18(24)13-7-12(8-14(9-13)22(25)26)17(23)21-19-20-16-11(3)5-10(2)6-15(16)28-19/h5-9H,4H2,1-3H3,(H,20,21,23). The molecule has 1 amide bonds. The number of benzene rings is 2. The molecule has 0 radical (unpaired) electrons. The van der Waals surface area contributed by atoms with E-state index >= 15 is 0 Å². The first-order valence-electron chi connectivity index (χ1n) is 8.44. The molecular formula is C19H17N3O5S. The molecule has 3 aromatic rings. The molecule has 3 rings (SSSR count). The highest BCUT2D eigenvalue weighted by Crippen LogP contribution is 2.30. The number of carbonyl (C=O) groups excluding carboxylic acids is 2. The lowest BCUT2D eigenvalue weighted by Gasteiger charge is -2.06. The lowest BCUT2D eigenvalue weighted by molar-refractivity contribution is -0.384. The summed E-state index contributed by atoms with van der Waals surface area (Å²) in [7, 11) is 0. The predicted molar refractivity (Wildman–Crippen MR) is 106 cm³/mol. The number of esters is 1. The summed E-state index contributed by atoms with van der Waals surface area (Å²) in [6, 6.07) is 7.43. The second-order valence-corrected chi connectivity index (χ2v) is 7.18. The number of nitro benzene ring substituents is 1. The third kappa shape index (κ3) is 3.99. The van der Waals surface area contributed by atoms with Crippen LogP contribution in [0.2, 0.25) is 0 Å². The number of hydrogen-bond acceptors (Lipinski definition) is 7. The number of ether oxygens (including phenoxy) is 1. The highest BCUT2D eigenvalue weighted by atomic mass is 32.1. The van der Waals surface area contributed by atoms with Gasteiger partial charge < -0.3 is 4.74 Å². The van der Waals surface area contributed by atoms with Crippen molar-refractivity contribution in [3.05, 3.63) is 62.7 Å². The molecule has 0 saturated carbocycles. The van der Waals surface area contributed by atoms with Crippen molar-refractivity contribution in [3.8, 4) is 0 Å². The summed E-state index contributed by atoms with van der Waals surface area (Å²) in [6.07, 6.45) is 0. The monoisotopic (exact) mass is 399 g/mol. The van der Waals surface area contributed by atoms with E-state index in [1.165, 1.54) is 17.4 Å². The third-order valence-electron chi connectivity index (χ3n) is 3.95. The molecule has 1 heterocycles. The van der Waals surface area contributed by atoms with Crippen LogP contribution in [0.15, 0.2) is 30.3 Å². The normalized spacial score (nSPS) is 10.7. The lowest BCUT2D eigenvalue weighted by Crippen LogP contribution is -2.14. The summed E-state index contributed by atoms with van der Waals surface area (Å²) in [5.41, 5.74) is 2.42. The Hall–Kier alpha value is -3.33. The van der Waals surface area contributed by atoms with Crippen LogP contribution in [-0.4, -0.2) is 28.4 Å². The smallest absolute Gasteiger partial charge is 0.338 e. The van der Waals surface area contributed by atoms with Crippen molar-refractivity contribution in [1.82, 2.24) is 4.98 Å². The number of aryl methyl sites for hydroxylation is 2. The van der Waals surface area contributed by atoms with Crippen LogP contribution < -0.4 is 5.32 Å². The van der Waals surface area contributed by atoms with E-state index in [0.29, 0.717) is 5.13 Å². The molecule has 0 aliphatic heterocycles. The Morgan fingerprint density at radius 3 is 2.57 bits per heavy atom. The first kappa shape index (κ1) is 19.4. The number of non-ortho nitro benzene ring substituents is 1. The number of rotatable bonds is 5. The number of aromatic nitrogens is 1. The zero-order valence-corrected chi connectivity index (χ0v) is 16.3. The number of hydrogen-bond donors (Lipinski definition) is 1. The molecule has 1 aromatic heterocycles. The van der Waals surface area contributed by atoms with Gasteiger partial charge in [0.25, 0.3) is 11.6 Å². The van der Waals surface area contributed by atoms with E-state index in [2.05, 4.69) is 10.3 Å². The molecule has 0 atom stereocenters. The van der Waals surface area contributed by atoms with Crippen molar-refractivity contribution in [2.75, 3.05) is 11.9 Å². The Morgan fingerprint density at radius 2 is 1.89 bits per heavy atom.